The highest BCUT2D eigenvalue weighted by atomic mass is 16.5. The van der Waals surface area contributed by atoms with Crippen LogP contribution in [0.1, 0.15) is 29.6 Å². The Labute approximate surface area is 94.6 Å². The van der Waals surface area contributed by atoms with Gasteiger partial charge in [0, 0.05) is 25.4 Å². The zero-order valence-corrected chi connectivity index (χ0v) is 9.09. The van der Waals surface area contributed by atoms with Crippen LogP contribution in [-0.4, -0.2) is 30.3 Å². The van der Waals surface area contributed by atoms with Gasteiger partial charge in [-0.3, -0.25) is 4.98 Å². The SMILES string of the molecule is O=C(OCC[C@H]1CCCO1)c1ccncc1. The third-order valence-corrected chi connectivity index (χ3v) is 2.61. The number of esters is 1. The number of carbonyl (C=O) groups excluding carboxylic acids is 1. The monoisotopic (exact) mass is 221 g/mol. The van der Waals surface area contributed by atoms with Crippen molar-refractivity contribution in [1.29, 1.82) is 0 Å². The molecule has 1 fully saturated rings. The zero-order chi connectivity index (χ0) is 11.2. The van der Waals surface area contributed by atoms with Gasteiger partial charge in [-0.15, -0.1) is 0 Å². The second kappa shape index (κ2) is 5.61. The van der Waals surface area contributed by atoms with Crippen molar-refractivity contribution in [2.45, 2.75) is 25.4 Å². The predicted octanol–water partition coefficient (Wildman–Crippen LogP) is 1.81. The van der Waals surface area contributed by atoms with Gasteiger partial charge in [0.2, 0.25) is 0 Å². The molecule has 0 aliphatic carbocycles. The summed E-state index contributed by atoms with van der Waals surface area (Å²) in [5.41, 5.74) is 0.544. The van der Waals surface area contributed by atoms with Crippen LogP contribution in [0, 0.1) is 0 Å². The lowest BCUT2D eigenvalue weighted by Crippen LogP contribution is -2.12. The molecule has 4 heteroatoms. The van der Waals surface area contributed by atoms with Crippen LogP contribution in [-0.2, 0) is 9.47 Å². The number of carbonyl (C=O) groups is 1. The van der Waals surface area contributed by atoms with E-state index in [2.05, 4.69) is 4.98 Å². The molecule has 0 spiro atoms. The maximum atomic E-state index is 11.5. The van der Waals surface area contributed by atoms with Crippen molar-refractivity contribution in [2.75, 3.05) is 13.2 Å². The minimum Gasteiger partial charge on any atom is -0.462 e. The molecule has 16 heavy (non-hydrogen) atoms. The van der Waals surface area contributed by atoms with Crippen LogP contribution < -0.4 is 0 Å². The topological polar surface area (TPSA) is 48.4 Å². The van der Waals surface area contributed by atoms with Gasteiger partial charge in [-0.2, -0.15) is 0 Å². The van der Waals surface area contributed by atoms with Crippen molar-refractivity contribution < 1.29 is 14.3 Å². The smallest absolute Gasteiger partial charge is 0.338 e. The van der Waals surface area contributed by atoms with Crippen molar-refractivity contribution in [3.8, 4) is 0 Å². The highest BCUT2D eigenvalue weighted by Crippen LogP contribution is 2.15. The van der Waals surface area contributed by atoms with E-state index in [0.29, 0.717) is 12.2 Å². The summed E-state index contributed by atoms with van der Waals surface area (Å²) in [5, 5.41) is 0. The lowest BCUT2D eigenvalue weighted by molar-refractivity contribution is 0.0386. The van der Waals surface area contributed by atoms with Crippen LogP contribution in [0.4, 0.5) is 0 Å². The van der Waals surface area contributed by atoms with Crippen molar-refractivity contribution in [1.82, 2.24) is 4.98 Å². The molecule has 1 aromatic rings. The second-order valence-corrected chi connectivity index (χ2v) is 3.80. The summed E-state index contributed by atoms with van der Waals surface area (Å²) in [7, 11) is 0. The van der Waals surface area contributed by atoms with E-state index in [4.69, 9.17) is 9.47 Å². The lowest BCUT2D eigenvalue weighted by Gasteiger charge is -2.09. The fourth-order valence-corrected chi connectivity index (χ4v) is 1.73. The molecule has 1 aromatic heterocycles. The van der Waals surface area contributed by atoms with Gasteiger partial charge in [0.25, 0.3) is 0 Å². The number of ether oxygens (including phenoxy) is 2. The summed E-state index contributed by atoms with van der Waals surface area (Å²) in [5.74, 6) is -0.291. The standard InChI is InChI=1S/C12H15NO3/c14-12(10-3-6-13-7-4-10)16-9-5-11-2-1-8-15-11/h3-4,6-7,11H,1-2,5,8-9H2/t11-/m1/s1. The minimum absolute atomic E-state index is 0.269. The molecule has 1 aliphatic rings. The molecule has 0 bridgehead atoms. The molecular formula is C12H15NO3. The van der Waals surface area contributed by atoms with Crippen molar-refractivity contribution in [3.63, 3.8) is 0 Å². The van der Waals surface area contributed by atoms with Crippen LogP contribution >= 0.6 is 0 Å². The molecule has 0 unspecified atom stereocenters. The second-order valence-electron chi connectivity index (χ2n) is 3.80. The summed E-state index contributed by atoms with van der Waals surface area (Å²) < 4.78 is 10.6. The van der Waals surface area contributed by atoms with E-state index in [-0.39, 0.29) is 12.1 Å². The molecule has 0 saturated carbocycles. The highest BCUT2D eigenvalue weighted by Gasteiger charge is 2.16. The first-order valence-corrected chi connectivity index (χ1v) is 5.55. The van der Waals surface area contributed by atoms with Crippen LogP contribution in [0.5, 0.6) is 0 Å². The Morgan fingerprint density at radius 1 is 1.50 bits per heavy atom. The Bertz CT molecular complexity index is 333. The van der Waals surface area contributed by atoms with Crippen LogP contribution in [0.3, 0.4) is 0 Å². The Balaban J connectivity index is 1.71. The molecule has 0 radical (unpaired) electrons. The predicted molar refractivity (Wildman–Crippen MR) is 58.1 cm³/mol. The minimum atomic E-state index is -0.291. The number of rotatable bonds is 4. The Hall–Kier alpha value is -1.42. The van der Waals surface area contributed by atoms with Crippen molar-refractivity contribution in [3.05, 3.63) is 30.1 Å². The first-order valence-electron chi connectivity index (χ1n) is 5.55. The molecule has 0 amide bonds. The summed E-state index contributed by atoms with van der Waals surface area (Å²) >= 11 is 0. The molecule has 4 nitrogen and oxygen atoms in total. The zero-order valence-electron chi connectivity index (χ0n) is 9.09. The van der Waals surface area contributed by atoms with Gasteiger partial charge in [0.05, 0.1) is 18.3 Å². The fourth-order valence-electron chi connectivity index (χ4n) is 1.73. The number of nitrogens with zero attached hydrogens (tertiary/aromatic N) is 1. The first kappa shape index (κ1) is 11.1. The van der Waals surface area contributed by atoms with Crippen molar-refractivity contribution in [2.24, 2.45) is 0 Å². The molecule has 0 aromatic carbocycles. The average molecular weight is 221 g/mol. The lowest BCUT2D eigenvalue weighted by atomic mass is 10.2. The summed E-state index contributed by atoms with van der Waals surface area (Å²) in [6.07, 6.45) is 6.41. The molecule has 2 heterocycles. The van der Waals surface area contributed by atoms with Gasteiger partial charge in [0.15, 0.2) is 0 Å². The molecular weight excluding hydrogens is 206 g/mol. The number of pyridine rings is 1. The number of hydrogen-bond acceptors (Lipinski definition) is 4. The van der Waals surface area contributed by atoms with E-state index in [1.807, 2.05) is 0 Å². The van der Waals surface area contributed by atoms with Crippen molar-refractivity contribution >= 4 is 5.97 Å². The largest absolute Gasteiger partial charge is 0.462 e. The first-order chi connectivity index (χ1) is 7.86. The van der Waals surface area contributed by atoms with Gasteiger partial charge >= 0.3 is 5.97 Å². The highest BCUT2D eigenvalue weighted by molar-refractivity contribution is 5.89. The van der Waals surface area contributed by atoms with E-state index in [9.17, 15) is 4.79 Å². The fraction of sp³-hybridized carbons (Fsp3) is 0.500. The molecule has 1 atom stereocenters. The van der Waals surface area contributed by atoms with E-state index in [0.717, 1.165) is 25.9 Å². The van der Waals surface area contributed by atoms with Gasteiger partial charge in [-0.05, 0) is 25.0 Å². The van der Waals surface area contributed by atoms with Crippen LogP contribution in [0.25, 0.3) is 0 Å². The number of aromatic nitrogens is 1. The molecule has 1 saturated heterocycles. The average Bonchev–Trinajstić information content (AvgIpc) is 2.83. The van der Waals surface area contributed by atoms with E-state index in [1.165, 1.54) is 0 Å². The third-order valence-electron chi connectivity index (χ3n) is 2.61. The molecule has 0 N–H and O–H groups in total. The van der Waals surface area contributed by atoms with Gasteiger partial charge in [-0.1, -0.05) is 0 Å². The van der Waals surface area contributed by atoms with Crippen LogP contribution in [0.2, 0.25) is 0 Å². The third kappa shape index (κ3) is 3.03. The molecule has 86 valence electrons. The normalized spacial score (nSPS) is 19.6. The van der Waals surface area contributed by atoms with E-state index in [1.54, 1.807) is 24.5 Å². The summed E-state index contributed by atoms with van der Waals surface area (Å²) in [4.78, 5) is 15.4. The Morgan fingerprint density at radius 2 is 2.31 bits per heavy atom. The summed E-state index contributed by atoms with van der Waals surface area (Å²) in [6, 6.07) is 3.29. The van der Waals surface area contributed by atoms with E-state index < -0.39 is 0 Å². The van der Waals surface area contributed by atoms with E-state index >= 15 is 0 Å². The molecule has 1 aliphatic heterocycles. The summed E-state index contributed by atoms with van der Waals surface area (Å²) in [6.45, 7) is 1.26. The Morgan fingerprint density at radius 3 is 3.00 bits per heavy atom. The van der Waals surface area contributed by atoms with Gasteiger partial charge < -0.3 is 9.47 Å². The molecule has 2 rings (SSSR count). The van der Waals surface area contributed by atoms with Gasteiger partial charge in [-0.25, -0.2) is 4.79 Å². The maximum absolute atomic E-state index is 11.5. The quantitative estimate of drug-likeness (QED) is 0.727. The Kier molecular flexibility index (Phi) is 3.88. The maximum Gasteiger partial charge on any atom is 0.338 e. The number of hydrogen-bond donors (Lipinski definition) is 0. The van der Waals surface area contributed by atoms with Crippen LogP contribution in [0.15, 0.2) is 24.5 Å². The van der Waals surface area contributed by atoms with Gasteiger partial charge in [0.1, 0.15) is 0 Å².